The van der Waals surface area contributed by atoms with Crippen molar-refractivity contribution in [3.8, 4) is 0 Å². The van der Waals surface area contributed by atoms with Gasteiger partial charge in [0.05, 0.1) is 17.8 Å². The Morgan fingerprint density at radius 3 is 2.56 bits per heavy atom. The summed E-state index contributed by atoms with van der Waals surface area (Å²) in [5, 5.41) is 2.85. The molecule has 1 aliphatic rings. The van der Waals surface area contributed by atoms with Crippen LogP contribution in [0.15, 0.2) is 36.8 Å². The number of carbonyl (C=O) groups is 1. The largest absolute Gasteiger partial charge is 0.357 e. The number of aromatic nitrogens is 2. The van der Waals surface area contributed by atoms with Gasteiger partial charge in [-0.2, -0.15) is 0 Å². The van der Waals surface area contributed by atoms with Crippen LogP contribution in [0.1, 0.15) is 54.6 Å². The van der Waals surface area contributed by atoms with E-state index in [1.165, 1.54) is 31.7 Å². The molecule has 0 aromatic carbocycles. The van der Waals surface area contributed by atoms with Crippen LogP contribution in [0.2, 0.25) is 0 Å². The van der Waals surface area contributed by atoms with E-state index in [1.54, 1.807) is 25.4 Å². The molecule has 25 heavy (non-hydrogen) atoms. The topological polar surface area (TPSA) is 58.1 Å². The third-order valence-corrected chi connectivity index (χ3v) is 4.51. The highest BCUT2D eigenvalue weighted by Gasteiger charge is 2.15. The van der Waals surface area contributed by atoms with Crippen molar-refractivity contribution < 1.29 is 9.18 Å². The molecule has 1 unspecified atom stereocenters. The zero-order chi connectivity index (χ0) is 17.6. The van der Waals surface area contributed by atoms with E-state index in [-0.39, 0.29) is 11.9 Å². The van der Waals surface area contributed by atoms with Gasteiger partial charge in [-0.15, -0.1) is 0 Å². The Morgan fingerprint density at radius 1 is 1.16 bits per heavy atom. The second-order valence-electron chi connectivity index (χ2n) is 6.44. The zero-order valence-corrected chi connectivity index (χ0v) is 14.4. The molecule has 2 aromatic rings. The Kier molecular flexibility index (Phi) is 5.58. The molecule has 5 nitrogen and oxygen atoms in total. The van der Waals surface area contributed by atoms with Crippen LogP contribution in [0.25, 0.3) is 0 Å². The molecule has 132 valence electrons. The predicted octanol–water partition coefficient (Wildman–Crippen LogP) is 3.49. The van der Waals surface area contributed by atoms with Gasteiger partial charge in [0.1, 0.15) is 11.6 Å². The molecule has 3 rings (SSSR count). The first-order valence-corrected chi connectivity index (χ1v) is 8.76. The van der Waals surface area contributed by atoms with Gasteiger partial charge in [-0.1, -0.05) is 12.8 Å². The minimum absolute atomic E-state index is 0.230. The highest BCUT2D eigenvalue weighted by molar-refractivity contribution is 5.94. The van der Waals surface area contributed by atoms with Crippen LogP contribution in [-0.2, 0) is 0 Å². The monoisotopic (exact) mass is 342 g/mol. The maximum atomic E-state index is 13.2. The van der Waals surface area contributed by atoms with E-state index in [2.05, 4.69) is 20.2 Å². The van der Waals surface area contributed by atoms with Crippen molar-refractivity contribution in [2.24, 2.45) is 0 Å². The van der Waals surface area contributed by atoms with Crippen molar-refractivity contribution in [1.82, 2.24) is 15.3 Å². The maximum Gasteiger partial charge on any atom is 0.253 e. The number of hydrogen-bond donors (Lipinski definition) is 1. The van der Waals surface area contributed by atoms with Gasteiger partial charge in [-0.25, -0.2) is 9.37 Å². The SMILES string of the molecule is CC(NC(=O)c1ccc(N2CCCCCC2)nc1)c1cncc(F)c1. The summed E-state index contributed by atoms with van der Waals surface area (Å²) in [6.45, 7) is 3.83. The summed E-state index contributed by atoms with van der Waals surface area (Å²) in [6.07, 6.45) is 9.20. The minimum atomic E-state index is -0.415. The molecule has 0 aliphatic carbocycles. The molecule has 0 spiro atoms. The summed E-state index contributed by atoms with van der Waals surface area (Å²) in [7, 11) is 0. The Balaban J connectivity index is 1.64. The normalized spacial score (nSPS) is 16.2. The molecule has 1 atom stereocenters. The highest BCUT2D eigenvalue weighted by atomic mass is 19.1. The van der Waals surface area contributed by atoms with E-state index in [0.717, 1.165) is 25.1 Å². The summed E-state index contributed by atoms with van der Waals surface area (Å²) in [5.41, 5.74) is 1.12. The fourth-order valence-electron chi connectivity index (χ4n) is 3.04. The van der Waals surface area contributed by atoms with Gasteiger partial charge >= 0.3 is 0 Å². The van der Waals surface area contributed by atoms with E-state index in [0.29, 0.717) is 11.1 Å². The van der Waals surface area contributed by atoms with Crippen LogP contribution in [-0.4, -0.2) is 29.0 Å². The Bertz CT molecular complexity index is 712. The van der Waals surface area contributed by atoms with Crippen LogP contribution in [0.5, 0.6) is 0 Å². The number of anilines is 1. The fourth-order valence-corrected chi connectivity index (χ4v) is 3.04. The van der Waals surface area contributed by atoms with Gasteiger partial charge in [0.2, 0.25) is 0 Å². The molecule has 1 saturated heterocycles. The Labute approximate surface area is 147 Å². The maximum absolute atomic E-state index is 13.2. The quantitative estimate of drug-likeness (QED) is 0.924. The van der Waals surface area contributed by atoms with Gasteiger partial charge in [-0.3, -0.25) is 9.78 Å². The number of carbonyl (C=O) groups excluding carboxylic acids is 1. The van der Waals surface area contributed by atoms with E-state index in [4.69, 9.17) is 0 Å². The van der Waals surface area contributed by atoms with Gasteiger partial charge in [-0.05, 0) is 43.5 Å². The van der Waals surface area contributed by atoms with Crippen molar-refractivity contribution in [2.75, 3.05) is 18.0 Å². The average molecular weight is 342 g/mol. The molecule has 1 fully saturated rings. The van der Waals surface area contributed by atoms with Crippen molar-refractivity contribution in [1.29, 1.82) is 0 Å². The first-order valence-electron chi connectivity index (χ1n) is 8.76. The lowest BCUT2D eigenvalue weighted by molar-refractivity contribution is 0.0939. The van der Waals surface area contributed by atoms with E-state index in [1.807, 2.05) is 6.07 Å². The van der Waals surface area contributed by atoms with Crippen molar-refractivity contribution in [3.05, 3.63) is 53.7 Å². The molecule has 0 radical (unpaired) electrons. The molecule has 0 bridgehead atoms. The number of pyridine rings is 2. The lowest BCUT2D eigenvalue weighted by atomic mass is 10.1. The first-order chi connectivity index (χ1) is 12.1. The molecule has 1 amide bonds. The van der Waals surface area contributed by atoms with Crippen LogP contribution in [0.4, 0.5) is 10.2 Å². The van der Waals surface area contributed by atoms with Crippen molar-refractivity contribution in [3.63, 3.8) is 0 Å². The number of hydrogen-bond acceptors (Lipinski definition) is 4. The van der Waals surface area contributed by atoms with E-state index in [9.17, 15) is 9.18 Å². The number of nitrogens with one attached hydrogen (secondary N) is 1. The lowest BCUT2D eigenvalue weighted by Crippen LogP contribution is -2.28. The Hall–Kier alpha value is -2.50. The van der Waals surface area contributed by atoms with Crippen LogP contribution in [0, 0.1) is 5.82 Å². The van der Waals surface area contributed by atoms with Crippen LogP contribution >= 0.6 is 0 Å². The van der Waals surface area contributed by atoms with Gasteiger partial charge in [0, 0.05) is 25.5 Å². The minimum Gasteiger partial charge on any atom is -0.357 e. The predicted molar refractivity (Wildman–Crippen MR) is 95.0 cm³/mol. The van der Waals surface area contributed by atoms with Gasteiger partial charge in [0.25, 0.3) is 5.91 Å². The average Bonchev–Trinajstić information content (AvgIpc) is 2.91. The molecular formula is C19H23FN4O. The second-order valence-corrected chi connectivity index (χ2v) is 6.44. The molecule has 3 heterocycles. The molecule has 1 aliphatic heterocycles. The summed E-state index contributed by atoms with van der Waals surface area (Å²) >= 11 is 0. The first kappa shape index (κ1) is 17.3. The summed E-state index contributed by atoms with van der Waals surface area (Å²) in [5.74, 6) is 0.273. The smallest absolute Gasteiger partial charge is 0.253 e. The molecule has 1 N–H and O–H groups in total. The zero-order valence-electron chi connectivity index (χ0n) is 14.4. The lowest BCUT2D eigenvalue weighted by Gasteiger charge is -2.21. The Morgan fingerprint density at radius 2 is 1.92 bits per heavy atom. The summed E-state index contributed by atoms with van der Waals surface area (Å²) in [4.78, 5) is 22.9. The van der Waals surface area contributed by atoms with Gasteiger partial charge < -0.3 is 10.2 Å². The third-order valence-electron chi connectivity index (χ3n) is 4.51. The van der Waals surface area contributed by atoms with Crippen LogP contribution in [0.3, 0.4) is 0 Å². The third kappa shape index (κ3) is 4.53. The molecule has 6 heteroatoms. The van der Waals surface area contributed by atoms with E-state index >= 15 is 0 Å². The summed E-state index contributed by atoms with van der Waals surface area (Å²) < 4.78 is 13.2. The molecular weight excluding hydrogens is 319 g/mol. The van der Waals surface area contributed by atoms with Gasteiger partial charge in [0.15, 0.2) is 0 Å². The number of halogens is 1. The van der Waals surface area contributed by atoms with Crippen molar-refractivity contribution in [2.45, 2.75) is 38.6 Å². The number of nitrogens with zero attached hydrogens (tertiary/aromatic N) is 3. The second kappa shape index (κ2) is 8.05. The van der Waals surface area contributed by atoms with Crippen LogP contribution < -0.4 is 10.2 Å². The standard InChI is InChI=1S/C19H23FN4O/c1-14(16-10-17(20)13-21-11-16)23-19(25)15-6-7-18(22-12-15)24-8-4-2-3-5-9-24/h6-7,10-14H,2-5,8-9H2,1H3,(H,23,25). The van der Waals surface area contributed by atoms with E-state index < -0.39 is 5.82 Å². The molecule has 0 saturated carbocycles. The summed E-state index contributed by atoms with van der Waals surface area (Å²) in [6, 6.07) is 4.73. The number of rotatable bonds is 4. The highest BCUT2D eigenvalue weighted by Crippen LogP contribution is 2.18. The molecule has 2 aromatic heterocycles. The fraction of sp³-hybridized carbons (Fsp3) is 0.421. The number of amides is 1. The van der Waals surface area contributed by atoms with Crippen molar-refractivity contribution >= 4 is 11.7 Å².